The Morgan fingerprint density at radius 3 is 2.57 bits per heavy atom. The van der Waals surface area contributed by atoms with E-state index in [0.29, 0.717) is 11.4 Å². The number of hydrogen-bond donors (Lipinski definition) is 1. The van der Waals surface area contributed by atoms with Gasteiger partial charge in [0.15, 0.2) is 6.61 Å². The predicted octanol–water partition coefficient (Wildman–Crippen LogP) is 2.61. The van der Waals surface area contributed by atoms with Gasteiger partial charge in [-0.1, -0.05) is 6.07 Å². The zero-order chi connectivity index (χ0) is 10.8. The van der Waals surface area contributed by atoms with Crippen molar-refractivity contribution in [2.24, 2.45) is 0 Å². The van der Waals surface area contributed by atoms with Crippen molar-refractivity contribution in [3.8, 4) is 5.75 Å². The van der Waals surface area contributed by atoms with Crippen LogP contribution in [0.4, 0.5) is 14.5 Å². The second-order valence-corrected chi connectivity index (χ2v) is 3.38. The smallest absolute Gasteiger partial charge is 0.278 e. The lowest BCUT2D eigenvalue weighted by molar-refractivity contribution is -0.0229. The summed E-state index contributed by atoms with van der Waals surface area (Å²) in [5.41, 5.74) is 7.04. The van der Waals surface area contributed by atoms with Crippen molar-refractivity contribution in [2.45, 2.75) is 19.8 Å². The van der Waals surface area contributed by atoms with Crippen LogP contribution in [0, 0.1) is 6.92 Å². The van der Waals surface area contributed by atoms with Gasteiger partial charge in [-0.05, 0) is 18.6 Å². The zero-order valence-electron chi connectivity index (χ0n) is 8.18. The van der Waals surface area contributed by atoms with Crippen molar-refractivity contribution >= 4 is 5.69 Å². The highest BCUT2D eigenvalue weighted by Gasteiger charge is 2.21. The number of halogens is 2. The second kappa shape index (κ2) is 3.82. The third kappa shape index (κ3) is 3.20. The molecule has 0 atom stereocenters. The molecule has 14 heavy (non-hydrogen) atoms. The first-order valence-electron chi connectivity index (χ1n) is 4.25. The van der Waals surface area contributed by atoms with Crippen LogP contribution in [0.25, 0.3) is 0 Å². The molecule has 2 N–H and O–H groups in total. The van der Waals surface area contributed by atoms with E-state index in [4.69, 9.17) is 10.5 Å². The Balaban J connectivity index is 2.65. The lowest BCUT2D eigenvalue weighted by Gasteiger charge is -2.12. The number of nitrogen functional groups attached to an aromatic ring is 1. The number of ether oxygens (including phenoxy) is 1. The molecule has 4 heteroatoms. The number of hydrogen-bond acceptors (Lipinski definition) is 2. The Morgan fingerprint density at radius 2 is 2.07 bits per heavy atom. The van der Waals surface area contributed by atoms with E-state index in [-0.39, 0.29) is 0 Å². The van der Waals surface area contributed by atoms with Gasteiger partial charge in [-0.3, -0.25) is 0 Å². The fourth-order valence-electron chi connectivity index (χ4n) is 0.918. The maximum absolute atomic E-state index is 12.4. The minimum atomic E-state index is -2.82. The summed E-state index contributed by atoms with van der Waals surface area (Å²) in [6.45, 7) is 2.02. The first kappa shape index (κ1) is 10.8. The van der Waals surface area contributed by atoms with Crippen LogP contribution in [0.2, 0.25) is 0 Å². The van der Waals surface area contributed by atoms with Gasteiger partial charge in [0.25, 0.3) is 5.92 Å². The largest absolute Gasteiger partial charge is 0.487 e. The highest BCUT2D eigenvalue weighted by molar-refractivity contribution is 5.50. The van der Waals surface area contributed by atoms with Gasteiger partial charge in [0, 0.05) is 18.7 Å². The summed E-state index contributed by atoms with van der Waals surface area (Å²) >= 11 is 0. The number of anilines is 1. The van der Waals surface area contributed by atoms with Crippen LogP contribution >= 0.6 is 0 Å². The van der Waals surface area contributed by atoms with E-state index in [0.717, 1.165) is 12.5 Å². The van der Waals surface area contributed by atoms with Crippen molar-refractivity contribution in [3.63, 3.8) is 0 Å². The highest BCUT2D eigenvalue weighted by Crippen LogP contribution is 2.21. The van der Waals surface area contributed by atoms with Crippen molar-refractivity contribution in [2.75, 3.05) is 12.3 Å². The maximum Gasteiger partial charge on any atom is 0.278 e. The van der Waals surface area contributed by atoms with Crippen LogP contribution in [0.1, 0.15) is 12.5 Å². The second-order valence-electron chi connectivity index (χ2n) is 3.38. The van der Waals surface area contributed by atoms with E-state index in [1.54, 1.807) is 18.2 Å². The van der Waals surface area contributed by atoms with Crippen molar-refractivity contribution in [1.82, 2.24) is 0 Å². The van der Waals surface area contributed by atoms with Gasteiger partial charge in [-0.2, -0.15) is 0 Å². The molecule has 2 nitrogen and oxygen atoms in total. The van der Waals surface area contributed by atoms with Gasteiger partial charge >= 0.3 is 0 Å². The van der Waals surface area contributed by atoms with Crippen molar-refractivity contribution in [1.29, 1.82) is 0 Å². The van der Waals surface area contributed by atoms with E-state index < -0.39 is 12.5 Å². The van der Waals surface area contributed by atoms with Crippen LogP contribution in [0.3, 0.4) is 0 Å². The summed E-state index contributed by atoms with van der Waals surface area (Å²) in [4.78, 5) is 0. The molecular weight excluding hydrogens is 188 g/mol. The monoisotopic (exact) mass is 201 g/mol. The topological polar surface area (TPSA) is 35.2 Å². The lowest BCUT2D eigenvalue weighted by Crippen LogP contribution is -2.20. The average molecular weight is 201 g/mol. The summed E-state index contributed by atoms with van der Waals surface area (Å²) in [5, 5.41) is 0. The molecule has 0 saturated carbocycles. The van der Waals surface area contributed by atoms with Gasteiger partial charge in [-0.25, -0.2) is 8.78 Å². The van der Waals surface area contributed by atoms with Crippen molar-refractivity contribution in [3.05, 3.63) is 23.8 Å². The molecule has 0 saturated heterocycles. The molecule has 0 aromatic heterocycles. The Labute approximate surface area is 81.7 Å². The van der Waals surface area contributed by atoms with Crippen LogP contribution < -0.4 is 10.5 Å². The number of aryl methyl sites for hydroxylation is 1. The molecule has 0 amide bonds. The van der Waals surface area contributed by atoms with Crippen molar-refractivity contribution < 1.29 is 13.5 Å². The number of alkyl halides is 2. The summed E-state index contributed by atoms with van der Waals surface area (Å²) < 4.78 is 29.7. The van der Waals surface area contributed by atoms with Crippen LogP contribution in [0.15, 0.2) is 18.2 Å². The Hall–Kier alpha value is -1.32. The molecule has 0 aliphatic carbocycles. The number of nitrogens with two attached hydrogens (primary N) is 1. The summed E-state index contributed by atoms with van der Waals surface area (Å²) in [6.07, 6.45) is 0. The summed E-state index contributed by atoms with van der Waals surface area (Å²) in [5.74, 6) is -2.45. The molecule has 0 unspecified atom stereocenters. The average Bonchev–Trinajstić information content (AvgIpc) is 2.06. The van der Waals surface area contributed by atoms with Gasteiger partial charge in [0.05, 0.1) is 0 Å². The molecule has 0 heterocycles. The molecule has 1 aromatic rings. The summed E-state index contributed by atoms with van der Waals surface area (Å²) in [6, 6.07) is 4.90. The molecule has 0 aliphatic rings. The molecule has 78 valence electrons. The fraction of sp³-hybridized carbons (Fsp3) is 0.400. The highest BCUT2D eigenvalue weighted by atomic mass is 19.3. The maximum atomic E-state index is 12.4. The standard InChI is InChI=1S/C10H13F2NO/c1-7-3-4-8(5-9(7)13)14-6-10(2,11)12/h3-5H,6,13H2,1-2H3. The molecule has 0 radical (unpaired) electrons. The lowest BCUT2D eigenvalue weighted by atomic mass is 10.2. The fourth-order valence-corrected chi connectivity index (χ4v) is 0.918. The minimum absolute atomic E-state index is 0.370. The van der Waals surface area contributed by atoms with Crippen LogP contribution in [-0.4, -0.2) is 12.5 Å². The number of benzene rings is 1. The van der Waals surface area contributed by atoms with Gasteiger partial charge in [0.2, 0.25) is 0 Å². The molecular formula is C10H13F2NO. The molecule has 0 aliphatic heterocycles. The van der Waals surface area contributed by atoms with Crippen LogP contribution in [0.5, 0.6) is 5.75 Å². The summed E-state index contributed by atoms with van der Waals surface area (Å²) in [7, 11) is 0. The van der Waals surface area contributed by atoms with Crippen LogP contribution in [-0.2, 0) is 0 Å². The quantitative estimate of drug-likeness (QED) is 0.763. The van der Waals surface area contributed by atoms with E-state index >= 15 is 0 Å². The Kier molecular flexibility index (Phi) is 2.93. The van der Waals surface area contributed by atoms with E-state index in [9.17, 15) is 8.78 Å². The van der Waals surface area contributed by atoms with Gasteiger partial charge < -0.3 is 10.5 Å². The van der Waals surface area contributed by atoms with Gasteiger partial charge in [0.1, 0.15) is 5.75 Å². The Bertz CT molecular complexity index is 320. The molecule has 1 aromatic carbocycles. The number of rotatable bonds is 3. The first-order chi connectivity index (χ1) is 6.38. The first-order valence-corrected chi connectivity index (χ1v) is 4.25. The third-order valence-corrected chi connectivity index (χ3v) is 1.74. The third-order valence-electron chi connectivity index (χ3n) is 1.74. The van der Waals surface area contributed by atoms with Gasteiger partial charge in [-0.15, -0.1) is 0 Å². The normalized spacial score (nSPS) is 11.4. The molecule has 0 spiro atoms. The molecule has 0 fully saturated rings. The predicted molar refractivity (Wildman–Crippen MR) is 51.7 cm³/mol. The zero-order valence-corrected chi connectivity index (χ0v) is 8.18. The van der Waals surface area contributed by atoms with E-state index in [2.05, 4.69) is 0 Å². The van der Waals surface area contributed by atoms with E-state index in [1.165, 1.54) is 0 Å². The molecule has 0 bridgehead atoms. The van der Waals surface area contributed by atoms with E-state index in [1.807, 2.05) is 6.92 Å². The minimum Gasteiger partial charge on any atom is -0.487 e. The SMILES string of the molecule is Cc1ccc(OCC(C)(F)F)cc1N. The Morgan fingerprint density at radius 1 is 1.43 bits per heavy atom. The molecule has 1 rings (SSSR count).